The summed E-state index contributed by atoms with van der Waals surface area (Å²) in [6.45, 7) is 0.424. The molecule has 0 saturated heterocycles. The van der Waals surface area contributed by atoms with Gasteiger partial charge in [-0.15, -0.1) is 0 Å². The van der Waals surface area contributed by atoms with Crippen molar-refractivity contribution in [2.24, 2.45) is 22.9 Å². The largest absolute Gasteiger partial charge is 0.508 e. The fourth-order valence-corrected chi connectivity index (χ4v) is 3.64. The molecule has 1 rings (SSSR count). The lowest BCUT2D eigenvalue weighted by molar-refractivity contribution is -0.142. The van der Waals surface area contributed by atoms with Crippen LogP contribution in [0.25, 0.3) is 0 Å². The second-order valence-corrected chi connectivity index (χ2v) is 9.29. The minimum Gasteiger partial charge on any atom is -0.508 e. The van der Waals surface area contributed by atoms with E-state index in [-0.39, 0.29) is 37.9 Å². The van der Waals surface area contributed by atoms with E-state index in [4.69, 9.17) is 22.9 Å². The van der Waals surface area contributed by atoms with Crippen molar-refractivity contribution >= 4 is 35.5 Å². The monoisotopic (exact) mass is 565 g/mol. The topological polar surface area (TPSA) is 283 Å². The summed E-state index contributed by atoms with van der Waals surface area (Å²) in [4.78, 5) is 73.1. The third-order valence-corrected chi connectivity index (χ3v) is 5.92. The number of aromatic hydroxyl groups is 1. The highest BCUT2D eigenvalue weighted by Gasteiger charge is 2.31. The molecule has 13 N–H and O–H groups in total. The molecule has 1 aromatic rings. The van der Waals surface area contributed by atoms with E-state index in [1.807, 2.05) is 0 Å². The van der Waals surface area contributed by atoms with E-state index in [0.717, 1.165) is 0 Å². The van der Waals surface area contributed by atoms with Gasteiger partial charge in [-0.2, -0.15) is 0 Å². The molecule has 0 saturated carbocycles. The smallest absolute Gasteiger partial charge is 0.326 e. The number of unbranched alkanes of at least 4 members (excludes halogenated alkanes) is 1. The fourth-order valence-electron chi connectivity index (χ4n) is 3.64. The van der Waals surface area contributed by atoms with Gasteiger partial charge in [0.15, 0.2) is 0 Å². The number of aliphatic carboxylic acids is 1. The molecule has 0 aliphatic heterocycles. The maximum absolute atomic E-state index is 13.2. The fraction of sp³-hybridized carbons (Fsp3) is 0.520. The van der Waals surface area contributed by atoms with Crippen molar-refractivity contribution in [3.05, 3.63) is 29.8 Å². The van der Waals surface area contributed by atoms with Gasteiger partial charge in [-0.3, -0.25) is 24.0 Å². The second-order valence-electron chi connectivity index (χ2n) is 9.29. The van der Waals surface area contributed by atoms with Crippen molar-refractivity contribution < 1.29 is 39.0 Å². The van der Waals surface area contributed by atoms with E-state index in [1.165, 1.54) is 24.3 Å². The SMILES string of the molecule is NCCCCC(N)C(=O)NC(CCC(N)=O)C(=O)NC(Cc1ccc(O)cc1)C(=O)NC(CCC(N)=O)C(=O)O. The van der Waals surface area contributed by atoms with Crippen LogP contribution in [0.5, 0.6) is 5.75 Å². The Balaban J connectivity index is 3.15. The van der Waals surface area contributed by atoms with E-state index >= 15 is 0 Å². The normalized spacial score (nSPS) is 13.8. The number of primary amides is 2. The highest BCUT2D eigenvalue weighted by molar-refractivity contribution is 5.94. The molecule has 15 heteroatoms. The molecular weight excluding hydrogens is 526 g/mol. The lowest BCUT2D eigenvalue weighted by atomic mass is 10.0. The molecule has 0 aliphatic rings. The summed E-state index contributed by atoms with van der Waals surface area (Å²) in [6, 6.07) is 0.651. The van der Waals surface area contributed by atoms with Gasteiger partial charge >= 0.3 is 5.97 Å². The van der Waals surface area contributed by atoms with Crippen molar-refractivity contribution in [2.75, 3.05) is 6.54 Å². The lowest BCUT2D eigenvalue weighted by Crippen LogP contribution is -2.57. The van der Waals surface area contributed by atoms with Crippen LogP contribution in [-0.2, 0) is 35.2 Å². The summed E-state index contributed by atoms with van der Waals surface area (Å²) in [5.74, 6) is -5.33. The predicted molar refractivity (Wildman–Crippen MR) is 143 cm³/mol. The summed E-state index contributed by atoms with van der Waals surface area (Å²) >= 11 is 0. The van der Waals surface area contributed by atoms with Crippen molar-refractivity contribution in [1.82, 2.24) is 16.0 Å². The van der Waals surface area contributed by atoms with E-state index in [9.17, 15) is 39.0 Å². The Labute approximate surface area is 231 Å². The molecule has 40 heavy (non-hydrogen) atoms. The highest BCUT2D eigenvalue weighted by atomic mass is 16.4. The number of hydrogen-bond donors (Lipinski definition) is 9. The number of carboxylic acid groups (broad SMARTS) is 1. The molecule has 0 aliphatic carbocycles. The average Bonchev–Trinajstić information content (AvgIpc) is 2.88. The first-order valence-electron chi connectivity index (χ1n) is 12.8. The molecule has 222 valence electrons. The summed E-state index contributed by atoms with van der Waals surface area (Å²) in [5, 5.41) is 26.3. The molecule has 0 bridgehead atoms. The minimum absolute atomic E-state index is 0.0387. The van der Waals surface area contributed by atoms with E-state index in [1.54, 1.807) is 0 Å². The van der Waals surface area contributed by atoms with Gasteiger partial charge in [0.2, 0.25) is 29.5 Å². The summed E-state index contributed by atoms with van der Waals surface area (Å²) in [7, 11) is 0. The van der Waals surface area contributed by atoms with Crippen LogP contribution in [-0.4, -0.2) is 76.4 Å². The van der Waals surface area contributed by atoms with Crippen LogP contribution in [0.3, 0.4) is 0 Å². The molecule has 0 heterocycles. The van der Waals surface area contributed by atoms with Crippen LogP contribution >= 0.6 is 0 Å². The van der Waals surface area contributed by atoms with E-state index in [2.05, 4.69) is 16.0 Å². The Kier molecular flexibility index (Phi) is 14.7. The van der Waals surface area contributed by atoms with Gasteiger partial charge in [0.05, 0.1) is 6.04 Å². The lowest BCUT2D eigenvalue weighted by Gasteiger charge is -2.25. The van der Waals surface area contributed by atoms with Crippen molar-refractivity contribution in [1.29, 1.82) is 0 Å². The second kappa shape index (κ2) is 17.4. The van der Waals surface area contributed by atoms with E-state index in [0.29, 0.717) is 31.4 Å². The molecule has 1 aromatic carbocycles. The zero-order chi connectivity index (χ0) is 30.2. The van der Waals surface area contributed by atoms with Crippen LogP contribution in [0, 0.1) is 0 Å². The Morgan fingerprint density at radius 1 is 0.725 bits per heavy atom. The number of rotatable bonds is 19. The molecule has 4 atom stereocenters. The van der Waals surface area contributed by atoms with Crippen molar-refractivity contribution in [2.45, 2.75) is 75.5 Å². The number of phenolic OH excluding ortho intramolecular Hbond substituents is 1. The van der Waals surface area contributed by atoms with Crippen molar-refractivity contribution in [3.8, 4) is 5.75 Å². The third kappa shape index (κ3) is 13.0. The van der Waals surface area contributed by atoms with E-state index < -0.39 is 59.7 Å². The van der Waals surface area contributed by atoms with Crippen LogP contribution in [0.4, 0.5) is 0 Å². The minimum atomic E-state index is -1.48. The maximum Gasteiger partial charge on any atom is 0.326 e. The number of carbonyl (C=O) groups is 6. The Bertz CT molecular complexity index is 1030. The number of hydrogen-bond acceptors (Lipinski definition) is 9. The van der Waals surface area contributed by atoms with Crippen molar-refractivity contribution in [3.63, 3.8) is 0 Å². The van der Waals surface area contributed by atoms with Crippen LogP contribution in [0.2, 0.25) is 0 Å². The van der Waals surface area contributed by atoms with Gasteiger partial charge in [-0.1, -0.05) is 18.6 Å². The Hall–Kier alpha value is -4.24. The van der Waals surface area contributed by atoms with Gasteiger partial charge < -0.3 is 49.1 Å². The Morgan fingerprint density at radius 3 is 1.75 bits per heavy atom. The van der Waals surface area contributed by atoms with Gasteiger partial charge in [-0.25, -0.2) is 4.79 Å². The number of nitrogens with one attached hydrogen (secondary N) is 3. The molecule has 0 fully saturated rings. The van der Waals surface area contributed by atoms with Crippen LogP contribution in [0.15, 0.2) is 24.3 Å². The maximum atomic E-state index is 13.2. The summed E-state index contributed by atoms with van der Waals surface area (Å²) in [5.41, 5.74) is 22.2. The summed E-state index contributed by atoms with van der Waals surface area (Å²) < 4.78 is 0. The third-order valence-electron chi connectivity index (χ3n) is 5.92. The number of carboxylic acids is 1. The van der Waals surface area contributed by atoms with Gasteiger partial charge in [0, 0.05) is 19.3 Å². The van der Waals surface area contributed by atoms with Gasteiger partial charge in [-0.05, 0) is 49.9 Å². The number of nitrogens with two attached hydrogens (primary N) is 4. The van der Waals surface area contributed by atoms with Crippen LogP contribution in [0.1, 0.15) is 50.5 Å². The number of phenols is 1. The molecule has 15 nitrogen and oxygen atoms in total. The predicted octanol–water partition coefficient (Wildman–Crippen LogP) is -2.54. The first-order chi connectivity index (χ1) is 18.8. The van der Waals surface area contributed by atoms with Crippen LogP contribution < -0.4 is 38.9 Å². The average molecular weight is 566 g/mol. The molecule has 0 aromatic heterocycles. The number of carbonyl (C=O) groups excluding carboxylic acids is 5. The molecular formula is C25H39N7O8. The van der Waals surface area contributed by atoms with Gasteiger partial charge in [0.1, 0.15) is 23.9 Å². The standard InChI is InChI=1S/C25H39N7O8/c26-12-2-1-3-16(27)22(36)30-17(8-10-20(28)34)23(37)32-19(13-14-4-6-15(33)7-5-14)24(38)31-18(25(39)40)9-11-21(29)35/h4-7,16-19,33H,1-3,8-13,26-27H2,(H2,28,34)(H2,29,35)(H,30,36)(H,31,38)(H,32,37)(H,39,40). The molecule has 0 radical (unpaired) electrons. The Morgan fingerprint density at radius 2 is 1.23 bits per heavy atom. The zero-order valence-electron chi connectivity index (χ0n) is 22.1. The first kappa shape index (κ1) is 33.8. The molecule has 0 spiro atoms. The summed E-state index contributed by atoms with van der Waals surface area (Å²) in [6.07, 6.45) is 0.372. The molecule has 5 amide bonds. The quantitative estimate of drug-likeness (QED) is 0.0792. The first-order valence-corrected chi connectivity index (χ1v) is 12.8. The highest BCUT2D eigenvalue weighted by Crippen LogP contribution is 2.12. The zero-order valence-corrected chi connectivity index (χ0v) is 22.1. The number of benzene rings is 1. The number of amides is 5. The molecule has 4 unspecified atom stereocenters. The van der Waals surface area contributed by atoms with Gasteiger partial charge in [0.25, 0.3) is 0 Å².